The first kappa shape index (κ1) is 20.4. The van der Waals surface area contributed by atoms with E-state index in [1.165, 1.54) is 6.92 Å². The van der Waals surface area contributed by atoms with Crippen LogP contribution < -0.4 is 0 Å². The van der Waals surface area contributed by atoms with Gasteiger partial charge in [0.15, 0.2) is 11.3 Å². The lowest BCUT2D eigenvalue weighted by atomic mass is 9.91. The van der Waals surface area contributed by atoms with Crippen LogP contribution in [0.4, 0.5) is 4.79 Å². The molecule has 0 radical (unpaired) electrons. The Kier molecular flexibility index (Phi) is 6.35. The van der Waals surface area contributed by atoms with Crippen molar-refractivity contribution in [1.29, 1.82) is 0 Å². The molecular weight excluding hydrogens is 362 g/mol. The number of ether oxygens (including phenoxy) is 1. The minimum Gasteiger partial charge on any atom is -0.450 e. The second-order valence-electron chi connectivity index (χ2n) is 7.36. The van der Waals surface area contributed by atoms with Crippen LogP contribution in [-0.2, 0) is 14.3 Å². The minimum absolute atomic E-state index is 0.0264. The summed E-state index contributed by atoms with van der Waals surface area (Å²) in [6.07, 6.45) is 2.68. The molecule has 2 fully saturated rings. The molecule has 25 heavy (non-hydrogen) atoms. The molecule has 1 saturated heterocycles. The molecule has 1 aliphatic heterocycles. The van der Waals surface area contributed by atoms with Crippen LogP contribution in [0.5, 0.6) is 0 Å². The summed E-state index contributed by atoms with van der Waals surface area (Å²) < 4.78 is 4.68. The van der Waals surface area contributed by atoms with Gasteiger partial charge in [-0.15, -0.1) is 11.8 Å². The largest absolute Gasteiger partial charge is 0.507 e. The number of rotatable bonds is 4. The van der Waals surface area contributed by atoms with Gasteiger partial charge in [0.1, 0.15) is 0 Å². The van der Waals surface area contributed by atoms with Crippen LogP contribution in [0.1, 0.15) is 59.8 Å². The van der Waals surface area contributed by atoms with Crippen LogP contribution >= 0.6 is 23.5 Å². The molecule has 1 spiro atoms. The van der Waals surface area contributed by atoms with Gasteiger partial charge in [0, 0.05) is 18.6 Å². The van der Waals surface area contributed by atoms with Crippen LogP contribution in [0.2, 0.25) is 0 Å². The third-order valence-corrected chi connectivity index (χ3v) is 7.55. The predicted molar refractivity (Wildman–Crippen MR) is 99.5 cm³/mol. The minimum atomic E-state index is -1.37. The summed E-state index contributed by atoms with van der Waals surface area (Å²) in [5.74, 6) is -0.104. The van der Waals surface area contributed by atoms with Gasteiger partial charge in [-0.25, -0.2) is 4.79 Å². The van der Waals surface area contributed by atoms with Crippen molar-refractivity contribution in [3.8, 4) is 0 Å². The van der Waals surface area contributed by atoms with Gasteiger partial charge in [0.05, 0.1) is 9.62 Å². The Morgan fingerprint density at radius 2 is 1.88 bits per heavy atom. The van der Waals surface area contributed by atoms with E-state index < -0.39 is 22.0 Å². The molecule has 0 aromatic rings. The summed E-state index contributed by atoms with van der Waals surface area (Å²) in [7, 11) is 0. The van der Waals surface area contributed by atoms with Gasteiger partial charge < -0.3 is 9.84 Å². The fourth-order valence-corrected chi connectivity index (χ4v) is 6.36. The Bertz CT molecular complexity index is 545. The molecule has 142 valence electrons. The monoisotopic (exact) mass is 389 g/mol. The van der Waals surface area contributed by atoms with Crippen molar-refractivity contribution >= 4 is 40.7 Å². The van der Waals surface area contributed by atoms with E-state index in [4.69, 9.17) is 4.74 Å². The van der Waals surface area contributed by atoms with E-state index in [9.17, 15) is 19.5 Å². The standard InChI is InChI=1S/C17H27NO5S2/c1-11(10-24-12(2)19)13(20)18-14(23-15(21)22)16(3,4)25-17(18)8-6-5-7-9-17/h11,14H,5-10H2,1-4H3,(H,21,22)/t11-,14-/m1/s1. The summed E-state index contributed by atoms with van der Waals surface area (Å²) in [6.45, 7) is 7.14. The van der Waals surface area contributed by atoms with Gasteiger partial charge >= 0.3 is 6.16 Å². The molecule has 1 aliphatic carbocycles. The SMILES string of the molecule is CC(=O)SC[C@@H](C)C(=O)N1[C@H](OC(=O)O)C(C)(C)SC12CCCCC2. The predicted octanol–water partition coefficient (Wildman–Crippen LogP) is 3.94. The molecule has 6 nitrogen and oxygen atoms in total. The lowest BCUT2D eigenvalue weighted by molar-refractivity contribution is -0.153. The van der Waals surface area contributed by atoms with Gasteiger partial charge in [0.2, 0.25) is 5.91 Å². The van der Waals surface area contributed by atoms with Crippen molar-refractivity contribution in [1.82, 2.24) is 4.90 Å². The quantitative estimate of drug-likeness (QED) is 0.729. The molecule has 1 amide bonds. The molecule has 8 heteroatoms. The van der Waals surface area contributed by atoms with Crippen molar-refractivity contribution in [3.63, 3.8) is 0 Å². The maximum Gasteiger partial charge on any atom is 0.507 e. The van der Waals surface area contributed by atoms with Gasteiger partial charge in [-0.2, -0.15) is 0 Å². The van der Waals surface area contributed by atoms with Gasteiger partial charge in [-0.05, 0) is 26.7 Å². The maximum atomic E-state index is 13.2. The summed E-state index contributed by atoms with van der Waals surface area (Å²) in [5, 5.41) is 9.16. The zero-order valence-corrected chi connectivity index (χ0v) is 16.9. The van der Waals surface area contributed by atoms with Crippen LogP contribution in [0.15, 0.2) is 0 Å². The highest BCUT2D eigenvalue weighted by Crippen LogP contribution is 2.57. The Morgan fingerprint density at radius 1 is 1.28 bits per heavy atom. The lowest BCUT2D eigenvalue weighted by Crippen LogP contribution is -2.55. The lowest BCUT2D eigenvalue weighted by Gasteiger charge is -2.42. The number of amides is 1. The van der Waals surface area contributed by atoms with Crippen LogP contribution in [0.25, 0.3) is 0 Å². The number of carbonyl (C=O) groups excluding carboxylic acids is 2. The van der Waals surface area contributed by atoms with E-state index in [-0.39, 0.29) is 16.9 Å². The average molecular weight is 390 g/mol. The molecule has 1 saturated carbocycles. The molecule has 1 N–H and O–H groups in total. The van der Waals surface area contributed by atoms with E-state index >= 15 is 0 Å². The Morgan fingerprint density at radius 3 is 2.40 bits per heavy atom. The first-order valence-electron chi connectivity index (χ1n) is 8.65. The maximum absolute atomic E-state index is 13.2. The third kappa shape index (κ3) is 4.45. The topological polar surface area (TPSA) is 83.9 Å². The molecule has 2 aliphatic rings. The highest BCUT2D eigenvalue weighted by molar-refractivity contribution is 8.13. The summed E-state index contributed by atoms with van der Waals surface area (Å²) in [4.78, 5) is 37.0. The highest BCUT2D eigenvalue weighted by Gasteiger charge is 2.60. The van der Waals surface area contributed by atoms with E-state index in [0.717, 1.165) is 43.9 Å². The second-order valence-corrected chi connectivity index (χ2v) is 10.6. The third-order valence-electron chi connectivity index (χ3n) is 4.76. The molecular formula is C17H27NO5S2. The first-order chi connectivity index (χ1) is 11.6. The zero-order chi connectivity index (χ0) is 18.8. The van der Waals surface area contributed by atoms with Gasteiger partial charge in [-0.3, -0.25) is 14.5 Å². The number of carbonyl (C=O) groups is 3. The number of thioether (sulfide) groups is 2. The smallest absolute Gasteiger partial charge is 0.450 e. The van der Waals surface area contributed by atoms with Crippen LogP contribution in [-0.4, -0.2) is 48.8 Å². The Balaban J connectivity index is 2.32. The fourth-order valence-electron chi connectivity index (χ4n) is 3.72. The molecule has 0 unspecified atom stereocenters. The number of carboxylic acid groups (broad SMARTS) is 1. The summed E-state index contributed by atoms with van der Waals surface area (Å²) in [5.41, 5.74) is 0. The van der Waals surface area contributed by atoms with Crippen molar-refractivity contribution < 1.29 is 24.2 Å². The van der Waals surface area contributed by atoms with E-state index in [0.29, 0.717) is 5.75 Å². The highest BCUT2D eigenvalue weighted by atomic mass is 32.2. The van der Waals surface area contributed by atoms with Gasteiger partial charge in [0.25, 0.3) is 0 Å². The van der Waals surface area contributed by atoms with E-state index in [1.807, 2.05) is 13.8 Å². The summed E-state index contributed by atoms with van der Waals surface area (Å²) >= 11 is 2.79. The second kappa shape index (κ2) is 7.78. The van der Waals surface area contributed by atoms with E-state index in [1.54, 1.807) is 23.6 Å². The number of nitrogens with zero attached hydrogens (tertiary/aromatic N) is 1. The Hall–Kier alpha value is -0.890. The first-order valence-corrected chi connectivity index (χ1v) is 10.5. The average Bonchev–Trinajstić information content (AvgIpc) is 2.71. The van der Waals surface area contributed by atoms with Gasteiger partial charge in [-0.1, -0.05) is 37.9 Å². The van der Waals surface area contributed by atoms with Crippen LogP contribution in [0, 0.1) is 5.92 Å². The van der Waals surface area contributed by atoms with Crippen molar-refractivity contribution in [2.45, 2.75) is 75.6 Å². The van der Waals surface area contributed by atoms with E-state index in [2.05, 4.69) is 0 Å². The molecule has 2 atom stereocenters. The number of hydrogen-bond acceptors (Lipinski definition) is 6. The molecule has 1 heterocycles. The molecule has 2 rings (SSSR count). The molecule has 0 aromatic heterocycles. The fraction of sp³-hybridized carbons (Fsp3) is 0.824. The zero-order valence-electron chi connectivity index (χ0n) is 15.2. The van der Waals surface area contributed by atoms with Crippen molar-refractivity contribution in [2.24, 2.45) is 5.92 Å². The number of hydrogen-bond donors (Lipinski definition) is 1. The molecule has 0 bridgehead atoms. The molecule has 0 aromatic carbocycles. The van der Waals surface area contributed by atoms with Crippen molar-refractivity contribution in [2.75, 3.05) is 5.75 Å². The summed E-state index contributed by atoms with van der Waals surface area (Å²) in [6, 6.07) is 0. The normalized spacial score (nSPS) is 25.6. The Labute approximate surface area is 157 Å². The van der Waals surface area contributed by atoms with Crippen LogP contribution in [0.3, 0.4) is 0 Å². The van der Waals surface area contributed by atoms with Crippen molar-refractivity contribution in [3.05, 3.63) is 0 Å².